The zero-order valence-corrected chi connectivity index (χ0v) is 10.3. The summed E-state index contributed by atoms with van der Waals surface area (Å²) in [6.07, 6.45) is 1.22. The molecule has 2 aliphatic heterocycles. The molecule has 0 amide bonds. The lowest BCUT2D eigenvalue weighted by Gasteiger charge is -2.29. The molecule has 0 unspecified atom stereocenters. The maximum atomic E-state index is 5.80. The van der Waals surface area contributed by atoms with Crippen LogP contribution in [0.5, 0.6) is 0 Å². The molecule has 1 aromatic heterocycles. The van der Waals surface area contributed by atoms with Crippen LogP contribution in [0.3, 0.4) is 0 Å². The van der Waals surface area contributed by atoms with Crippen LogP contribution in [0, 0.1) is 0 Å². The van der Waals surface area contributed by atoms with Gasteiger partial charge in [-0.25, -0.2) is 4.98 Å². The number of rotatable bonds is 2. The highest BCUT2D eigenvalue weighted by Crippen LogP contribution is 2.29. The summed E-state index contributed by atoms with van der Waals surface area (Å²) in [5.74, 6) is 1.77. The Morgan fingerprint density at radius 3 is 2.88 bits per heavy atom. The Balaban J connectivity index is 1.92. The fourth-order valence-corrected chi connectivity index (χ4v) is 2.76. The maximum absolute atomic E-state index is 5.80. The molecular weight excluding hydrogens is 214 g/mol. The molecule has 0 spiro atoms. The van der Waals surface area contributed by atoms with Crippen LogP contribution in [0.4, 0.5) is 11.8 Å². The van der Waals surface area contributed by atoms with E-state index in [-0.39, 0.29) is 0 Å². The quantitative estimate of drug-likeness (QED) is 0.788. The average Bonchev–Trinajstić information content (AvgIpc) is 2.89. The monoisotopic (exact) mass is 233 g/mol. The standard InChI is InChI=1S/C12H19N5/c1-7(2)10-4-11(16-12(13)15-10)17-6-8-3-9(17)5-14-8/h4,7-9,14H,3,5-6H2,1-2H3,(H2,13,15,16)/t8-,9-/m1/s1. The number of nitrogens with zero attached hydrogens (tertiary/aromatic N) is 3. The molecule has 0 aromatic carbocycles. The number of hydrogen-bond donors (Lipinski definition) is 2. The lowest BCUT2D eigenvalue weighted by atomic mass is 10.1. The Hall–Kier alpha value is -1.36. The van der Waals surface area contributed by atoms with Gasteiger partial charge >= 0.3 is 0 Å². The summed E-state index contributed by atoms with van der Waals surface area (Å²) in [7, 11) is 0. The fraction of sp³-hybridized carbons (Fsp3) is 0.667. The van der Waals surface area contributed by atoms with Gasteiger partial charge in [0.05, 0.1) is 5.69 Å². The molecule has 2 saturated heterocycles. The van der Waals surface area contributed by atoms with Gasteiger partial charge < -0.3 is 16.0 Å². The molecule has 3 heterocycles. The summed E-state index contributed by atoms with van der Waals surface area (Å²) in [5, 5.41) is 3.49. The van der Waals surface area contributed by atoms with Crippen LogP contribution in [-0.4, -0.2) is 35.1 Å². The highest BCUT2D eigenvalue weighted by Gasteiger charge is 2.38. The van der Waals surface area contributed by atoms with Crippen LogP contribution in [0.15, 0.2) is 6.07 Å². The van der Waals surface area contributed by atoms with Crippen molar-refractivity contribution >= 4 is 11.8 Å². The summed E-state index contributed by atoms with van der Waals surface area (Å²) < 4.78 is 0. The van der Waals surface area contributed by atoms with Crippen molar-refractivity contribution in [3.05, 3.63) is 11.8 Å². The average molecular weight is 233 g/mol. The van der Waals surface area contributed by atoms with Gasteiger partial charge in [0, 0.05) is 31.2 Å². The second-order valence-corrected chi connectivity index (χ2v) is 5.31. The number of nitrogens with two attached hydrogens (primary N) is 1. The van der Waals surface area contributed by atoms with Gasteiger partial charge in [-0.05, 0) is 12.3 Å². The third-order valence-electron chi connectivity index (χ3n) is 3.69. The number of anilines is 2. The first-order chi connectivity index (χ1) is 8.13. The topological polar surface area (TPSA) is 67.1 Å². The van der Waals surface area contributed by atoms with E-state index in [2.05, 4.69) is 40.1 Å². The summed E-state index contributed by atoms with van der Waals surface area (Å²) in [6, 6.07) is 3.29. The van der Waals surface area contributed by atoms with E-state index >= 15 is 0 Å². The third kappa shape index (κ3) is 1.84. The van der Waals surface area contributed by atoms with Crippen molar-refractivity contribution in [1.82, 2.24) is 15.3 Å². The first-order valence-electron chi connectivity index (χ1n) is 6.28. The summed E-state index contributed by atoms with van der Waals surface area (Å²) in [5.41, 5.74) is 6.83. The Morgan fingerprint density at radius 1 is 1.47 bits per heavy atom. The Kier molecular flexibility index (Phi) is 2.43. The molecule has 2 bridgehead atoms. The number of nitrogens with one attached hydrogen (secondary N) is 1. The van der Waals surface area contributed by atoms with Gasteiger partial charge in [-0.2, -0.15) is 4.98 Å². The highest BCUT2D eigenvalue weighted by atomic mass is 15.3. The van der Waals surface area contributed by atoms with Crippen LogP contribution in [0.1, 0.15) is 31.9 Å². The van der Waals surface area contributed by atoms with Gasteiger partial charge in [0.15, 0.2) is 0 Å². The lowest BCUT2D eigenvalue weighted by molar-refractivity contribution is 0.575. The zero-order valence-electron chi connectivity index (χ0n) is 10.3. The highest BCUT2D eigenvalue weighted by molar-refractivity contribution is 5.47. The fourth-order valence-electron chi connectivity index (χ4n) is 2.76. The van der Waals surface area contributed by atoms with Crippen LogP contribution >= 0.6 is 0 Å². The molecule has 0 radical (unpaired) electrons. The van der Waals surface area contributed by atoms with Crippen molar-refractivity contribution < 1.29 is 0 Å². The van der Waals surface area contributed by atoms with Gasteiger partial charge in [0.25, 0.3) is 0 Å². The van der Waals surface area contributed by atoms with Gasteiger partial charge in [0.1, 0.15) is 5.82 Å². The van der Waals surface area contributed by atoms with Gasteiger partial charge in [-0.15, -0.1) is 0 Å². The van der Waals surface area contributed by atoms with E-state index in [0.29, 0.717) is 23.9 Å². The van der Waals surface area contributed by atoms with E-state index in [9.17, 15) is 0 Å². The number of nitrogen functional groups attached to an aromatic ring is 1. The van der Waals surface area contributed by atoms with Crippen molar-refractivity contribution in [3.8, 4) is 0 Å². The number of hydrogen-bond acceptors (Lipinski definition) is 5. The minimum absolute atomic E-state index is 0.386. The third-order valence-corrected chi connectivity index (χ3v) is 3.69. The van der Waals surface area contributed by atoms with Gasteiger partial charge in [-0.1, -0.05) is 13.8 Å². The van der Waals surface area contributed by atoms with Crippen LogP contribution in [-0.2, 0) is 0 Å². The smallest absolute Gasteiger partial charge is 0.222 e. The second-order valence-electron chi connectivity index (χ2n) is 5.31. The second kappa shape index (κ2) is 3.84. The Morgan fingerprint density at radius 2 is 2.29 bits per heavy atom. The molecule has 3 N–H and O–H groups in total. The molecule has 0 aliphatic carbocycles. The van der Waals surface area contributed by atoms with E-state index in [4.69, 9.17) is 5.73 Å². The molecule has 1 aromatic rings. The summed E-state index contributed by atoms with van der Waals surface area (Å²) in [6.45, 7) is 6.36. The molecule has 5 heteroatoms. The van der Waals surface area contributed by atoms with Crippen LogP contribution in [0.25, 0.3) is 0 Å². The summed E-state index contributed by atoms with van der Waals surface area (Å²) >= 11 is 0. The minimum Gasteiger partial charge on any atom is -0.368 e. The molecule has 0 saturated carbocycles. The van der Waals surface area contributed by atoms with E-state index in [1.807, 2.05) is 0 Å². The van der Waals surface area contributed by atoms with E-state index in [1.165, 1.54) is 6.42 Å². The number of piperazine rings is 1. The van der Waals surface area contributed by atoms with Crippen molar-refractivity contribution in [2.45, 2.75) is 38.3 Å². The number of aromatic nitrogens is 2. The van der Waals surface area contributed by atoms with Crippen molar-refractivity contribution in [3.63, 3.8) is 0 Å². The SMILES string of the molecule is CC(C)c1cc(N2C[C@H]3C[C@@H]2CN3)nc(N)n1. The molecule has 5 nitrogen and oxygen atoms in total. The van der Waals surface area contributed by atoms with Crippen molar-refractivity contribution in [2.24, 2.45) is 0 Å². The molecule has 2 atom stereocenters. The molecule has 92 valence electrons. The van der Waals surface area contributed by atoms with E-state index < -0.39 is 0 Å². The minimum atomic E-state index is 0.386. The lowest BCUT2D eigenvalue weighted by Crippen LogP contribution is -2.44. The van der Waals surface area contributed by atoms with E-state index in [1.54, 1.807) is 0 Å². The normalized spacial score (nSPS) is 27.1. The molecule has 2 aliphatic rings. The molecule has 17 heavy (non-hydrogen) atoms. The van der Waals surface area contributed by atoms with E-state index in [0.717, 1.165) is 24.6 Å². The first-order valence-corrected chi connectivity index (χ1v) is 6.28. The molecule has 3 rings (SSSR count). The first kappa shape index (κ1) is 10.8. The maximum Gasteiger partial charge on any atom is 0.222 e. The van der Waals surface area contributed by atoms with Crippen molar-refractivity contribution in [2.75, 3.05) is 23.7 Å². The van der Waals surface area contributed by atoms with Gasteiger partial charge in [-0.3, -0.25) is 0 Å². The van der Waals surface area contributed by atoms with Crippen LogP contribution in [0.2, 0.25) is 0 Å². The van der Waals surface area contributed by atoms with Crippen molar-refractivity contribution in [1.29, 1.82) is 0 Å². The Labute approximate surface area is 101 Å². The largest absolute Gasteiger partial charge is 0.368 e. The van der Waals surface area contributed by atoms with Crippen LogP contribution < -0.4 is 16.0 Å². The molecule has 2 fully saturated rings. The van der Waals surface area contributed by atoms with Gasteiger partial charge in [0.2, 0.25) is 5.95 Å². The predicted molar refractivity (Wildman–Crippen MR) is 68.1 cm³/mol. The number of fused-ring (bicyclic) bond motifs is 2. The summed E-state index contributed by atoms with van der Waals surface area (Å²) in [4.78, 5) is 11.0. The molecular formula is C12H19N5. The predicted octanol–water partition coefficient (Wildman–Crippen LogP) is 0.733. The Bertz CT molecular complexity index is 431. The zero-order chi connectivity index (χ0) is 12.0.